The first-order valence-electron chi connectivity index (χ1n) is 7.64. The quantitative estimate of drug-likeness (QED) is 0.795. The summed E-state index contributed by atoms with van der Waals surface area (Å²) in [5.74, 6) is 0.462. The van der Waals surface area contributed by atoms with Crippen molar-refractivity contribution in [1.29, 1.82) is 0 Å². The third-order valence-corrected chi connectivity index (χ3v) is 4.30. The fourth-order valence-electron chi connectivity index (χ4n) is 3.45. The van der Waals surface area contributed by atoms with Gasteiger partial charge in [-0.1, -0.05) is 12.8 Å². The van der Waals surface area contributed by atoms with Crippen molar-refractivity contribution >= 4 is 6.09 Å². The van der Waals surface area contributed by atoms with Gasteiger partial charge in [0, 0.05) is 18.6 Å². The Morgan fingerprint density at radius 1 is 1.16 bits per heavy atom. The molecule has 1 aliphatic carbocycles. The molecule has 1 heterocycles. The summed E-state index contributed by atoms with van der Waals surface area (Å²) in [7, 11) is 0. The van der Waals surface area contributed by atoms with E-state index in [0.717, 1.165) is 32.2 Å². The van der Waals surface area contributed by atoms with E-state index in [1.54, 1.807) is 0 Å². The van der Waals surface area contributed by atoms with E-state index in [2.05, 4.69) is 0 Å². The van der Waals surface area contributed by atoms with Crippen molar-refractivity contribution in [3.8, 4) is 0 Å². The maximum Gasteiger partial charge on any atom is 0.410 e. The second-order valence-corrected chi connectivity index (χ2v) is 7.00. The van der Waals surface area contributed by atoms with Crippen LogP contribution in [0.1, 0.15) is 59.3 Å². The van der Waals surface area contributed by atoms with Gasteiger partial charge < -0.3 is 15.4 Å². The summed E-state index contributed by atoms with van der Waals surface area (Å²) in [5, 5.41) is 0. The van der Waals surface area contributed by atoms with E-state index >= 15 is 0 Å². The molecule has 1 saturated heterocycles. The molecular weight excluding hydrogens is 240 g/mol. The van der Waals surface area contributed by atoms with Crippen LogP contribution >= 0.6 is 0 Å². The second-order valence-electron chi connectivity index (χ2n) is 7.00. The number of amides is 1. The van der Waals surface area contributed by atoms with E-state index in [1.165, 1.54) is 12.8 Å². The summed E-state index contributed by atoms with van der Waals surface area (Å²) >= 11 is 0. The molecule has 0 spiro atoms. The van der Waals surface area contributed by atoms with Crippen molar-refractivity contribution in [2.45, 2.75) is 77.0 Å². The summed E-state index contributed by atoms with van der Waals surface area (Å²) < 4.78 is 5.52. The zero-order valence-corrected chi connectivity index (χ0v) is 12.5. The Morgan fingerprint density at radius 2 is 1.84 bits per heavy atom. The maximum absolute atomic E-state index is 12.3. The summed E-state index contributed by atoms with van der Waals surface area (Å²) in [6.07, 6.45) is 6.74. The molecule has 2 aliphatic rings. The molecule has 0 aromatic carbocycles. The number of hydrogen-bond acceptors (Lipinski definition) is 3. The fourth-order valence-corrected chi connectivity index (χ4v) is 3.45. The minimum Gasteiger partial charge on any atom is -0.444 e. The van der Waals surface area contributed by atoms with Gasteiger partial charge in [0.25, 0.3) is 0 Å². The Morgan fingerprint density at radius 3 is 2.47 bits per heavy atom. The zero-order valence-electron chi connectivity index (χ0n) is 12.5. The molecule has 1 saturated carbocycles. The third kappa shape index (κ3) is 3.62. The molecule has 2 N–H and O–H groups in total. The fraction of sp³-hybridized carbons (Fsp3) is 0.933. The topological polar surface area (TPSA) is 55.6 Å². The molecule has 1 amide bonds. The van der Waals surface area contributed by atoms with E-state index in [0.29, 0.717) is 12.0 Å². The van der Waals surface area contributed by atoms with Crippen LogP contribution in [-0.2, 0) is 4.74 Å². The smallest absolute Gasteiger partial charge is 0.410 e. The maximum atomic E-state index is 12.3. The van der Waals surface area contributed by atoms with E-state index < -0.39 is 5.60 Å². The van der Waals surface area contributed by atoms with E-state index in [1.807, 2.05) is 25.7 Å². The van der Waals surface area contributed by atoms with E-state index in [9.17, 15) is 4.79 Å². The van der Waals surface area contributed by atoms with Crippen LogP contribution in [0.15, 0.2) is 0 Å². The predicted molar refractivity (Wildman–Crippen MR) is 75.9 cm³/mol. The molecule has 0 aromatic rings. The molecule has 3 unspecified atom stereocenters. The number of nitrogens with two attached hydrogens (primary N) is 1. The molecule has 0 bridgehead atoms. The summed E-state index contributed by atoms with van der Waals surface area (Å²) in [6, 6.07) is 0.548. The van der Waals surface area contributed by atoms with E-state index in [-0.39, 0.29) is 12.1 Å². The van der Waals surface area contributed by atoms with Crippen molar-refractivity contribution in [1.82, 2.24) is 4.90 Å². The lowest BCUT2D eigenvalue weighted by molar-refractivity contribution is 0.0145. The van der Waals surface area contributed by atoms with Crippen LogP contribution in [0.25, 0.3) is 0 Å². The largest absolute Gasteiger partial charge is 0.444 e. The van der Waals surface area contributed by atoms with Gasteiger partial charge in [-0.2, -0.15) is 0 Å². The number of carbonyl (C=O) groups excluding carboxylic acids is 1. The standard InChI is InChI=1S/C15H28N2O2/c1-15(2,3)19-14(18)17-10-6-9-13(17)11-7-4-5-8-12(11)16/h11-13H,4-10,16H2,1-3H3. The van der Waals surface area contributed by atoms with Gasteiger partial charge in [-0.15, -0.1) is 0 Å². The first-order valence-corrected chi connectivity index (χ1v) is 7.64. The molecule has 4 nitrogen and oxygen atoms in total. The van der Waals surface area contributed by atoms with Gasteiger partial charge in [0.15, 0.2) is 0 Å². The number of nitrogens with zero attached hydrogens (tertiary/aromatic N) is 1. The molecular formula is C15H28N2O2. The normalized spacial score (nSPS) is 32.4. The highest BCUT2D eigenvalue weighted by atomic mass is 16.6. The SMILES string of the molecule is CC(C)(C)OC(=O)N1CCCC1C1CCCCC1N. The molecule has 0 aromatic heterocycles. The molecule has 110 valence electrons. The highest BCUT2D eigenvalue weighted by Crippen LogP contribution is 2.34. The van der Waals surface area contributed by atoms with Crippen molar-refractivity contribution in [2.24, 2.45) is 11.7 Å². The van der Waals surface area contributed by atoms with Crippen molar-refractivity contribution in [3.05, 3.63) is 0 Å². The van der Waals surface area contributed by atoms with Crippen LogP contribution in [0.2, 0.25) is 0 Å². The van der Waals surface area contributed by atoms with Gasteiger partial charge in [0.2, 0.25) is 0 Å². The van der Waals surface area contributed by atoms with Gasteiger partial charge in [0.1, 0.15) is 5.60 Å². The molecule has 3 atom stereocenters. The molecule has 19 heavy (non-hydrogen) atoms. The van der Waals surface area contributed by atoms with Crippen molar-refractivity contribution in [2.75, 3.05) is 6.54 Å². The number of carbonyl (C=O) groups is 1. The molecule has 2 rings (SSSR count). The van der Waals surface area contributed by atoms with Gasteiger partial charge in [0.05, 0.1) is 0 Å². The Kier molecular flexibility index (Phi) is 4.39. The highest BCUT2D eigenvalue weighted by molar-refractivity contribution is 5.69. The number of hydrogen-bond donors (Lipinski definition) is 1. The lowest BCUT2D eigenvalue weighted by Crippen LogP contribution is -2.49. The van der Waals surface area contributed by atoms with Crippen LogP contribution in [0.3, 0.4) is 0 Å². The minimum absolute atomic E-state index is 0.159. The average Bonchev–Trinajstić information content (AvgIpc) is 2.76. The van der Waals surface area contributed by atoms with Crippen LogP contribution in [0.5, 0.6) is 0 Å². The van der Waals surface area contributed by atoms with E-state index in [4.69, 9.17) is 10.5 Å². The first-order chi connectivity index (χ1) is 8.88. The molecule has 2 fully saturated rings. The Balaban J connectivity index is 2.01. The summed E-state index contributed by atoms with van der Waals surface area (Å²) in [4.78, 5) is 14.2. The van der Waals surface area contributed by atoms with Crippen LogP contribution in [-0.4, -0.2) is 35.2 Å². The lowest BCUT2D eigenvalue weighted by Gasteiger charge is -2.38. The van der Waals surface area contributed by atoms with Crippen molar-refractivity contribution < 1.29 is 9.53 Å². The second kappa shape index (κ2) is 5.70. The lowest BCUT2D eigenvalue weighted by atomic mass is 9.79. The van der Waals surface area contributed by atoms with Gasteiger partial charge in [-0.3, -0.25) is 0 Å². The highest BCUT2D eigenvalue weighted by Gasteiger charge is 2.39. The molecule has 0 radical (unpaired) electrons. The molecule has 4 heteroatoms. The average molecular weight is 268 g/mol. The van der Waals surface area contributed by atoms with Crippen molar-refractivity contribution in [3.63, 3.8) is 0 Å². The Bertz CT molecular complexity index is 325. The van der Waals surface area contributed by atoms with Gasteiger partial charge in [-0.25, -0.2) is 4.79 Å². The van der Waals surface area contributed by atoms with Crippen LogP contribution < -0.4 is 5.73 Å². The van der Waals surface area contributed by atoms with Crippen LogP contribution in [0, 0.1) is 5.92 Å². The van der Waals surface area contributed by atoms with Gasteiger partial charge >= 0.3 is 6.09 Å². The van der Waals surface area contributed by atoms with Crippen LogP contribution in [0.4, 0.5) is 4.79 Å². The predicted octanol–water partition coefficient (Wildman–Crippen LogP) is 2.90. The number of likely N-dealkylation sites (tertiary alicyclic amines) is 1. The Hall–Kier alpha value is -0.770. The monoisotopic (exact) mass is 268 g/mol. The first kappa shape index (κ1) is 14.6. The summed E-state index contributed by atoms with van der Waals surface area (Å²) in [5.41, 5.74) is 5.85. The summed E-state index contributed by atoms with van der Waals surface area (Å²) in [6.45, 7) is 6.58. The Labute approximate surface area is 116 Å². The zero-order chi connectivity index (χ0) is 14.0. The van der Waals surface area contributed by atoms with Gasteiger partial charge in [-0.05, 0) is 52.4 Å². The number of ether oxygens (including phenoxy) is 1. The third-order valence-electron chi connectivity index (χ3n) is 4.30. The number of rotatable bonds is 1. The minimum atomic E-state index is -0.418. The molecule has 1 aliphatic heterocycles.